The minimum atomic E-state index is 0.455. The van der Waals surface area contributed by atoms with E-state index in [4.69, 9.17) is 9.72 Å². The summed E-state index contributed by atoms with van der Waals surface area (Å²) in [5, 5.41) is 0. The molecule has 29 heavy (non-hydrogen) atoms. The van der Waals surface area contributed by atoms with Gasteiger partial charge in [0, 0.05) is 12.1 Å². The van der Waals surface area contributed by atoms with Crippen molar-refractivity contribution in [2.45, 2.75) is 39.7 Å². The van der Waals surface area contributed by atoms with Crippen LogP contribution < -0.4 is 4.74 Å². The van der Waals surface area contributed by atoms with Crippen molar-refractivity contribution in [1.82, 2.24) is 9.55 Å². The van der Waals surface area contributed by atoms with E-state index < -0.39 is 0 Å². The Labute approximate surface area is 173 Å². The summed E-state index contributed by atoms with van der Waals surface area (Å²) in [4.78, 5) is 4.91. The van der Waals surface area contributed by atoms with Crippen LogP contribution in [0.25, 0.3) is 22.4 Å². The fourth-order valence-electron chi connectivity index (χ4n) is 3.72. The van der Waals surface area contributed by atoms with Crippen molar-refractivity contribution in [3.8, 4) is 17.1 Å². The molecule has 1 aromatic heterocycles. The Hall–Kier alpha value is -3.07. The maximum atomic E-state index is 6.14. The van der Waals surface area contributed by atoms with E-state index >= 15 is 0 Å². The summed E-state index contributed by atoms with van der Waals surface area (Å²) < 4.78 is 8.45. The number of aromatic nitrogens is 2. The summed E-state index contributed by atoms with van der Waals surface area (Å²) in [5.41, 5.74) is 5.88. The van der Waals surface area contributed by atoms with E-state index in [0.29, 0.717) is 12.5 Å². The average Bonchev–Trinajstić information content (AvgIpc) is 3.10. The van der Waals surface area contributed by atoms with Gasteiger partial charge in [-0.2, -0.15) is 0 Å². The van der Waals surface area contributed by atoms with Crippen LogP contribution in [0.4, 0.5) is 0 Å². The van der Waals surface area contributed by atoms with Gasteiger partial charge in [0.1, 0.15) is 11.6 Å². The summed E-state index contributed by atoms with van der Waals surface area (Å²) in [6.45, 7) is 8.07. The molecule has 0 unspecified atom stereocenters. The van der Waals surface area contributed by atoms with Crippen LogP contribution in [0.5, 0.6) is 5.75 Å². The summed E-state index contributed by atoms with van der Waals surface area (Å²) in [6, 6.07) is 25.3. The van der Waals surface area contributed by atoms with Gasteiger partial charge in [-0.05, 0) is 43.0 Å². The molecule has 148 valence electrons. The van der Waals surface area contributed by atoms with E-state index in [1.807, 2.05) is 12.1 Å². The first-order valence-electron chi connectivity index (χ1n) is 10.4. The second kappa shape index (κ2) is 8.52. The molecule has 4 rings (SSSR count). The summed E-state index contributed by atoms with van der Waals surface area (Å²) in [5.74, 6) is 2.47. The summed E-state index contributed by atoms with van der Waals surface area (Å²) >= 11 is 0. The SMILES string of the molecule is Cc1ccc(-c2nc3ccccc3n2CCCOc2ccccc2C(C)C)cc1. The maximum absolute atomic E-state index is 6.14. The average molecular weight is 385 g/mol. The molecule has 1 heterocycles. The van der Waals surface area contributed by atoms with Crippen LogP contribution in [-0.2, 0) is 6.54 Å². The molecular formula is C26H28N2O. The van der Waals surface area contributed by atoms with Crippen LogP contribution in [0.2, 0.25) is 0 Å². The molecule has 3 nitrogen and oxygen atoms in total. The normalized spacial score (nSPS) is 11.3. The molecule has 0 saturated carbocycles. The van der Waals surface area contributed by atoms with Crippen molar-refractivity contribution in [3.63, 3.8) is 0 Å². The molecule has 0 atom stereocenters. The molecule has 0 aliphatic carbocycles. The van der Waals surface area contributed by atoms with E-state index in [0.717, 1.165) is 35.6 Å². The number of nitrogens with zero attached hydrogens (tertiary/aromatic N) is 2. The predicted octanol–water partition coefficient (Wildman–Crippen LogP) is 6.60. The van der Waals surface area contributed by atoms with Crippen molar-refractivity contribution >= 4 is 11.0 Å². The smallest absolute Gasteiger partial charge is 0.141 e. The standard InChI is InChI=1S/C26H28N2O/c1-19(2)22-9-4-7-12-25(22)29-18-8-17-28-24-11-6-5-10-23(24)27-26(28)21-15-13-20(3)14-16-21/h4-7,9-16,19H,8,17-18H2,1-3H3. The van der Waals surface area contributed by atoms with E-state index in [1.54, 1.807) is 0 Å². The van der Waals surface area contributed by atoms with E-state index in [-0.39, 0.29) is 0 Å². The Morgan fingerprint density at radius 3 is 2.41 bits per heavy atom. The van der Waals surface area contributed by atoms with Crippen molar-refractivity contribution in [3.05, 3.63) is 83.9 Å². The van der Waals surface area contributed by atoms with Crippen LogP contribution in [0.1, 0.15) is 37.3 Å². The van der Waals surface area contributed by atoms with Gasteiger partial charge < -0.3 is 9.30 Å². The van der Waals surface area contributed by atoms with Crippen LogP contribution in [0.15, 0.2) is 72.8 Å². The summed E-state index contributed by atoms with van der Waals surface area (Å²) in [6.07, 6.45) is 0.922. The van der Waals surface area contributed by atoms with Gasteiger partial charge in [0.2, 0.25) is 0 Å². The zero-order chi connectivity index (χ0) is 20.2. The van der Waals surface area contributed by atoms with Crippen molar-refractivity contribution in [1.29, 1.82) is 0 Å². The van der Waals surface area contributed by atoms with Gasteiger partial charge in [0.25, 0.3) is 0 Å². The predicted molar refractivity (Wildman–Crippen MR) is 121 cm³/mol. The van der Waals surface area contributed by atoms with Crippen LogP contribution >= 0.6 is 0 Å². The molecule has 0 fully saturated rings. The Kier molecular flexibility index (Phi) is 5.66. The minimum absolute atomic E-state index is 0.455. The fraction of sp³-hybridized carbons (Fsp3) is 0.269. The Bertz CT molecular complexity index is 1090. The Morgan fingerprint density at radius 1 is 0.897 bits per heavy atom. The lowest BCUT2D eigenvalue weighted by Gasteiger charge is -2.14. The largest absolute Gasteiger partial charge is 0.493 e. The van der Waals surface area contributed by atoms with Gasteiger partial charge in [0.15, 0.2) is 0 Å². The van der Waals surface area contributed by atoms with E-state index in [1.165, 1.54) is 16.6 Å². The third kappa shape index (κ3) is 4.19. The lowest BCUT2D eigenvalue weighted by atomic mass is 10.0. The van der Waals surface area contributed by atoms with Gasteiger partial charge in [-0.3, -0.25) is 0 Å². The number of benzene rings is 3. The molecule has 0 radical (unpaired) electrons. The molecule has 4 aromatic rings. The monoisotopic (exact) mass is 384 g/mol. The fourth-order valence-corrected chi connectivity index (χ4v) is 3.72. The van der Waals surface area contributed by atoms with Crippen LogP contribution in [0.3, 0.4) is 0 Å². The van der Waals surface area contributed by atoms with Gasteiger partial charge in [0.05, 0.1) is 17.6 Å². The van der Waals surface area contributed by atoms with Crippen LogP contribution in [0, 0.1) is 6.92 Å². The molecule has 0 spiro atoms. The molecule has 0 N–H and O–H groups in total. The first-order chi connectivity index (χ1) is 14.1. The zero-order valence-electron chi connectivity index (χ0n) is 17.4. The molecule has 3 aromatic carbocycles. The molecule has 0 aliphatic heterocycles. The highest BCUT2D eigenvalue weighted by atomic mass is 16.5. The number of para-hydroxylation sites is 3. The Balaban J connectivity index is 1.53. The van der Waals surface area contributed by atoms with E-state index in [9.17, 15) is 0 Å². The van der Waals surface area contributed by atoms with Gasteiger partial charge >= 0.3 is 0 Å². The molecule has 0 bridgehead atoms. The maximum Gasteiger partial charge on any atom is 0.141 e. The quantitative estimate of drug-likeness (QED) is 0.335. The second-order valence-corrected chi connectivity index (χ2v) is 7.84. The topological polar surface area (TPSA) is 27.1 Å². The zero-order valence-corrected chi connectivity index (χ0v) is 17.4. The lowest BCUT2D eigenvalue weighted by molar-refractivity contribution is 0.299. The lowest BCUT2D eigenvalue weighted by Crippen LogP contribution is -2.07. The highest BCUT2D eigenvalue weighted by Gasteiger charge is 2.12. The number of fused-ring (bicyclic) bond motifs is 1. The third-order valence-electron chi connectivity index (χ3n) is 5.29. The second-order valence-electron chi connectivity index (χ2n) is 7.84. The van der Waals surface area contributed by atoms with Gasteiger partial charge in [-0.1, -0.05) is 74.0 Å². The molecule has 0 aliphatic rings. The number of imidazole rings is 1. The van der Waals surface area contributed by atoms with Crippen molar-refractivity contribution in [2.24, 2.45) is 0 Å². The van der Waals surface area contributed by atoms with Gasteiger partial charge in [-0.15, -0.1) is 0 Å². The highest BCUT2D eigenvalue weighted by molar-refractivity contribution is 5.80. The molecular weight excluding hydrogens is 356 g/mol. The number of rotatable bonds is 7. The molecule has 0 amide bonds. The molecule has 3 heteroatoms. The highest BCUT2D eigenvalue weighted by Crippen LogP contribution is 2.27. The van der Waals surface area contributed by atoms with Crippen LogP contribution in [-0.4, -0.2) is 16.2 Å². The van der Waals surface area contributed by atoms with E-state index in [2.05, 4.69) is 86.0 Å². The first-order valence-corrected chi connectivity index (χ1v) is 10.4. The number of ether oxygens (including phenoxy) is 1. The van der Waals surface area contributed by atoms with Crippen molar-refractivity contribution < 1.29 is 4.74 Å². The third-order valence-corrected chi connectivity index (χ3v) is 5.29. The number of aryl methyl sites for hydroxylation is 2. The Morgan fingerprint density at radius 2 is 1.62 bits per heavy atom. The number of hydrogen-bond donors (Lipinski definition) is 0. The van der Waals surface area contributed by atoms with Crippen molar-refractivity contribution in [2.75, 3.05) is 6.61 Å². The summed E-state index contributed by atoms with van der Waals surface area (Å²) in [7, 11) is 0. The molecule has 0 saturated heterocycles. The first kappa shape index (κ1) is 19.3. The number of hydrogen-bond acceptors (Lipinski definition) is 2. The van der Waals surface area contributed by atoms with Gasteiger partial charge in [-0.25, -0.2) is 4.98 Å². The minimum Gasteiger partial charge on any atom is -0.493 e.